The predicted octanol–water partition coefficient (Wildman–Crippen LogP) is 1.98. The molecule has 0 aliphatic carbocycles. The molecule has 1 aromatic heterocycles. The second-order valence-corrected chi connectivity index (χ2v) is 6.45. The van der Waals surface area contributed by atoms with Gasteiger partial charge in [0.2, 0.25) is 0 Å². The third kappa shape index (κ3) is 3.50. The van der Waals surface area contributed by atoms with Gasteiger partial charge in [-0.25, -0.2) is 8.42 Å². The molecule has 2 rings (SSSR count). The number of alkyl halides is 3. The molecule has 0 spiro atoms. The van der Waals surface area contributed by atoms with Crippen LogP contribution in [-0.4, -0.2) is 36.5 Å². The summed E-state index contributed by atoms with van der Waals surface area (Å²) in [4.78, 5) is -0.354. The van der Waals surface area contributed by atoms with E-state index in [2.05, 4.69) is 5.10 Å². The molecular weight excluding hydrogens is 323 g/mol. The molecule has 10 heteroatoms. The number of aromatic nitrogens is 2. The minimum absolute atomic E-state index is 0.0347. The normalized spacial score (nSPS) is 12.4. The zero-order valence-electron chi connectivity index (χ0n) is 11.3. The van der Waals surface area contributed by atoms with Gasteiger partial charge in [-0.2, -0.15) is 18.3 Å². The third-order valence-electron chi connectivity index (χ3n) is 2.82. The second-order valence-electron chi connectivity index (χ2n) is 4.48. The van der Waals surface area contributed by atoms with Crippen LogP contribution < -0.4 is 4.31 Å². The first-order valence-electron chi connectivity index (χ1n) is 5.97. The molecular formula is C12H12F3N3O3S. The summed E-state index contributed by atoms with van der Waals surface area (Å²) < 4.78 is 62.8. The first-order valence-corrected chi connectivity index (χ1v) is 7.41. The summed E-state index contributed by atoms with van der Waals surface area (Å²) in [5.41, 5.74) is 0.251. The molecule has 0 bridgehead atoms. The van der Waals surface area contributed by atoms with Crippen molar-refractivity contribution in [3.8, 4) is 5.75 Å². The largest absolute Gasteiger partial charge is 0.508 e. The standard InChI is InChI=1S/C12H12F3N3O3S/c1-17(9-2-4-10(19)5-3-9)22(20,21)11-6-16-18(7-11)8-12(13,14)15/h2-7,19H,8H2,1H3. The molecule has 0 radical (unpaired) electrons. The van der Waals surface area contributed by atoms with E-state index in [1.54, 1.807) is 0 Å². The number of phenols is 1. The zero-order valence-corrected chi connectivity index (χ0v) is 12.1. The molecule has 0 fully saturated rings. The van der Waals surface area contributed by atoms with E-state index in [-0.39, 0.29) is 16.3 Å². The number of hydrogen-bond acceptors (Lipinski definition) is 4. The summed E-state index contributed by atoms with van der Waals surface area (Å²) in [6.45, 7) is -1.37. The number of sulfonamides is 1. The van der Waals surface area contributed by atoms with Gasteiger partial charge in [-0.1, -0.05) is 0 Å². The van der Waals surface area contributed by atoms with Crippen LogP contribution in [0.1, 0.15) is 0 Å². The minimum atomic E-state index is -4.49. The predicted molar refractivity (Wildman–Crippen MR) is 72.0 cm³/mol. The molecule has 0 aliphatic rings. The van der Waals surface area contributed by atoms with E-state index in [0.717, 1.165) is 16.7 Å². The van der Waals surface area contributed by atoms with Gasteiger partial charge in [0.25, 0.3) is 10.0 Å². The molecule has 6 nitrogen and oxygen atoms in total. The van der Waals surface area contributed by atoms with Gasteiger partial charge in [0, 0.05) is 13.2 Å². The van der Waals surface area contributed by atoms with E-state index >= 15 is 0 Å². The van der Waals surface area contributed by atoms with Gasteiger partial charge in [-0.05, 0) is 24.3 Å². The van der Waals surface area contributed by atoms with Gasteiger partial charge >= 0.3 is 6.18 Å². The highest BCUT2D eigenvalue weighted by atomic mass is 32.2. The SMILES string of the molecule is CN(c1ccc(O)cc1)S(=O)(=O)c1cnn(CC(F)(F)F)c1. The quantitative estimate of drug-likeness (QED) is 0.927. The van der Waals surface area contributed by atoms with Crippen LogP contribution in [0.3, 0.4) is 0 Å². The molecule has 2 aromatic rings. The van der Waals surface area contributed by atoms with E-state index < -0.39 is 22.7 Å². The number of rotatable bonds is 4. The van der Waals surface area contributed by atoms with Crippen molar-refractivity contribution in [2.75, 3.05) is 11.4 Å². The van der Waals surface area contributed by atoms with E-state index in [1.165, 1.54) is 31.3 Å². The molecule has 0 unspecified atom stereocenters. The molecule has 0 saturated carbocycles. The molecule has 1 aromatic carbocycles. The molecule has 1 N–H and O–H groups in total. The number of benzene rings is 1. The highest BCUT2D eigenvalue weighted by Gasteiger charge is 2.30. The van der Waals surface area contributed by atoms with Crippen molar-refractivity contribution in [2.24, 2.45) is 0 Å². The number of nitrogens with zero attached hydrogens (tertiary/aromatic N) is 3. The average Bonchev–Trinajstić information content (AvgIpc) is 2.85. The molecule has 0 atom stereocenters. The van der Waals surface area contributed by atoms with Gasteiger partial charge in [0.1, 0.15) is 17.2 Å². The summed E-state index contributed by atoms with van der Waals surface area (Å²) in [5, 5.41) is 12.6. The van der Waals surface area contributed by atoms with Crippen molar-refractivity contribution in [1.82, 2.24) is 9.78 Å². The van der Waals surface area contributed by atoms with Crippen molar-refractivity contribution in [3.63, 3.8) is 0 Å². The number of aromatic hydroxyl groups is 1. The van der Waals surface area contributed by atoms with Crippen molar-refractivity contribution >= 4 is 15.7 Å². The fraction of sp³-hybridized carbons (Fsp3) is 0.250. The maximum Gasteiger partial charge on any atom is 0.408 e. The monoisotopic (exact) mass is 335 g/mol. The highest BCUT2D eigenvalue weighted by Crippen LogP contribution is 2.24. The van der Waals surface area contributed by atoms with Gasteiger partial charge in [0.15, 0.2) is 0 Å². The van der Waals surface area contributed by atoms with E-state index in [1.807, 2.05) is 0 Å². The fourth-order valence-corrected chi connectivity index (χ4v) is 2.86. The Morgan fingerprint density at radius 1 is 1.27 bits per heavy atom. The lowest BCUT2D eigenvalue weighted by atomic mass is 10.3. The van der Waals surface area contributed by atoms with Crippen LogP contribution in [0, 0.1) is 0 Å². The summed E-state index contributed by atoms with van der Waals surface area (Å²) in [7, 11) is -2.79. The molecule has 1 heterocycles. The Labute approximate surface area is 124 Å². The molecule has 120 valence electrons. The van der Waals surface area contributed by atoms with Crippen molar-refractivity contribution in [3.05, 3.63) is 36.7 Å². The molecule has 0 amide bonds. The van der Waals surface area contributed by atoms with Crippen molar-refractivity contribution < 1.29 is 26.7 Å². The summed E-state index contributed by atoms with van der Waals surface area (Å²) in [6, 6.07) is 5.34. The second kappa shape index (κ2) is 5.52. The average molecular weight is 335 g/mol. The van der Waals surface area contributed by atoms with Crippen LogP contribution >= 0.6 is 0 Å². The van der Waals surface area contributed by atoms with Crippen molar-refractivity contribution in [2.45, 2.75) is 17.6 Å². The number of halogens is 3. The van der Waals surface area contributed by atoms with Crippen LogP contribution in [0.2, 0.25) is 0 Å². The first-order chi connectivity index (χ1) is 10.1. The topological polar surface area (TPSA) is 75.4 Å². The van der Waals surface area contributed by atoms with Gasteiger partial charge in [0.05, 0.1) is 11.9 Å². The lowest BCUT2D eigenvalue weighted by Gasteiger charge is -2.18. The van der Waals surface area contributed by atoms with Crippen LogP contribution in [0.25, 0.3) is 0 Å². The fourth-order valence-electron chi connectivity index (χ4n) is 1.71. The minimum Gasteiger partial charge on any atom is -0.508 e. The van der Waals surface area contributed by atoms with Gasteiger partial charge in [-0.3, -0.25) is 8.99 Å². The third-order valence-corrected chi connectivity index (χ3v) is 4.56. The number of anilines is 1. The first kappa shape index (κ1) is 16.1. The molecule has 22 heavy (non-hydrogen) atoms. The Hall–Kier alpha value is -2.23. The highest BCUT2D eigenvalue weighted by molar-refractivity contribution is 7.92. The van der Waals surface area contributed by atoms with E-state index in [9.17, 15) is 26.7 Å². The Balaban J connectivity index is 2.28. The Bertz CT molecular complexity index is 754. The summed E-state index contributed by atoms with van der Waals surface area (Å²) in [6.07, 6.45) is -2.81. The number of hydrogen-bond donors (Lipinski definition) is 1. The maximum atomic E-state index is 12.3. The lowest BCUT2D eigenvalue weighted by molar-refractivity contribution is -0.142. The van der Waals surface area contributed by atoms with Gasteiger partial charge in [-0.15, -0.1) is 0 Å². The van der Waals surface area contributed by atoms with E-state index in [4.69, 9.17) is 0 Å². The van der Waals surface area contributed by atoms with Crippen LogP contribution in [0.15, 0.2) is 41.6 Å². The summed E-state index contributed by atoms with van der Waals surface area (Å²) in [5.74, 6) is -0.0347. The smallest absolute Gasteiger partial charge is 0.408 e. The van der Waals surface area contributed by atoms with E-state index in [0.29, 0.717) is 4.68 Å². The molecule has 0 aliphatic heterocycles. The Morgan fingerprint density at radius 3 is 2.41 bits per heavy atom. The molecule has 0 saturated heterocycles. The maximum absolute atomic E-state index is 12.3. The van der Waals surface area contributed by atoms with Crippen molar-refractivity contribution in [1.29, 1.82) is 0 Å². The van der Waals surface area contributed by atoms with Crippen LogP contribution in [-0.2, 0) is 16.6 Å². The lowest BCUT2D eigenvalue weighted by Crippen LogP contribution is -2.26. The van der Waals surface area contributed by atoms with Crippen LogP contribution in [0.5, 0.6) is 5.75 Å². The summed E-state index contributed by atoms with van der Waals surface area (Å²) >= 11 is 0. The Kier molecular flexibility index (Phi) is 4.05. The Morgan fingerprint density at radius 2 is 1.86 bits per heavy atom. The van der Waals surface area contributed by atoms with Crippen LogP contribution in [0.4, 0.5) is 18.9 Å². The van der Waals surface area contributed by atoms with Gasteiger partial charge < -0.3 is 5.11 Å². The zero-order chi connectivity index (χ0) is 16.5. The number of phenolic OH excluding ortho intramolecular Hbond substituents is 1.